The summed E-state index contributed by atoms with van der Waals surface area (Å²) >= 11 is 0. The van der Waals surface area contributed by atoms with Gasteiger partial charge in [0.2, 0.25) is 11.9 Å². The zero-order chi connectivity index (χ0) is 13.5. The number of nitrogen functional groups attached to an aromatic ring is 1. The van der Waals surface area contributed by atoms with Gasteiger partial charge in [0.1, 0.15) is 0 Å². The molecule has 0 aromatic carbocycles. The Balaban J connectivity index is 2.93. The van der Waals surface area contributed by atoms with Crippen molar-refractivity contribution in [2.24, 2.45) is 5.84 Å². The van der Waals surface area contributed by atoms with E-state index in [1.165, 1.54) is 0 Å². The zero-order valence-electron chi connectivity index (χ0n) is 10.2. The van der Waals surface area contributed by atoms with Gasteiger partial charge in [-0.3, -0.25) is 5.43 Å². The predicted octanol–water partition coefficient (Wildman–Crippen LogP) is 0.647. The number of anilines is 2. The Morgan fingerprint density at radius 2 is 1.94 bits per heavy atom. The molecule has 1 heterocycles. The molecule has 0 radical (unpaired) electrons. The molecule has 18 heavy (non-hydrogen) atoms. The molecule has 0 atom stereocenters. The first-order chi connectivity index (χ1) is 8.60. The number of hydrazine groups is 1. The van der Waals surface area contributed by atoms with E-state index in [1.54, 1.807) is 0 Å². The minimum atomic E-state index is -2.59. The summed E-state index contributed by atoms with van der Waals surface area (Å²) in [6.45, 7) is 4.40. The van der Waals surface area contributed by atoms with E-state index in [9.17, 15) is 8.78 Å². The summed E-state index contributed by atoms with van der Waals surface area (Å²) in [5, 5.41) is 0. The molecule has 0 bridgehead atoms. The number of alkyl halides is 2. The fourth-order valence-electron chi connectivity index (χ4n) is 1.26. The molecule has 1 rings (SSSR count). The van der Waals surface area contributed by atoms with E-state index >= 15 is 0 Å². The van der Waals surface area contributed by atoms with Gasteiger partial charge in [0, 0.05) is 13.1 Å². The van der Waals surface area contributed by atoms with Crippen LogP contribution in [0.5, 0.6) is 6.01 Å². The van der Waals surface area contributed by atoms with Gasteiger partial charge in [-0.15, -0.1) is 0 Å². The van der Waals surface area contributed by atoms with E-state index in [2.05, 4.69) is 20.4 Å². The highest BCUT2D eigenvalue weighted by Gasteiger charge is 2.13. The third-order valence-corrected chi connectivity index (χ3v) is 2.12. The predicted molar refractivity (Wildman–Crippen MR) is 62.7 cm³/mol. The van der Waals surface area contributed by atoms with Gasteiger partial charge < -0.3 is 9.64 Å². The SMILES string of the molecule is CCN(CC)c1nc(NN)nc(OCC(F)F)n1. The van der Waals surface area contributed by atoms with Gasteiger partial charge in [-0.25, -0.2) is 14.6 Å². The molecule has 0 fully saturated rings. The first-order valence-corrected chi connectivity index (χ1v) is 5.49. The molecule has 0 saturated carbocycles. The van der Waals surface area contributed by atoms with Crippen LogP contribution in [0.4, 0.5) is 20.7 Å². The smallest absolute Gasteiger partial charge is 0.323 e. The average molecular weight is 262 g/mol. The molecule has 7 nitrogen and oxygen atoms in total. The van der Waals surface area contributed by atoms with E-state index in [4.69, 9.17) is 10.6 Å². The average Bonchev–Trinajstić information content (AvgIpc) is 2.37. The highest BCUT2D eigenvalue weighted by Crippen LogP contribution is 2.14. The van der Waals surface area contributed by atoms with Crippen molar-refractivity contribution in [3.05, 3.63) is 0 Å². The molecule has 1 aromatic heterocycles. The van der Waals surface area contributed by atoms with Gasteiger partial charge in [0.05, 0.1) is 0 Å². The number of halogens is 2. The van der Waals surface area contributed by atoms with Crippen molar-refractivity contribution in [1.29, 1.82) is 0 Å². The van der Waals surface area contributed by atoms with Crippen molar-refractivity contribution in [1.82, 2.24) is 15.0 Å². The van der Waals surface area contributed by atoms with Crippen molar-refractivity contribution in [2.75, 3.05) is 30.0 Å². The summed E-state index contributed by atoms with van der Waals surface area (Å²) in [5.41, 5.74) is 2.24. The van der Waals surface area contributed by atoms with Crippen LogP contribution in [0, 0.1) is 0 Å². The summed E-state index contributed by atoms with van der Waals surface area (Å²) < 4.78 is 28.9. The fraction of sp³-hybridized carbons (Fsp3) is 0.667. The summed E-state index contributed by atoms with van der Waals surface area (Å²) in [4.78, 5) is 13.5. The number of nitrogens with one attached hydrogen (secondary N) is 1. The van der Waals surface area contributed by atoms with Gasteiger partial charge in [0.15, 0.2) is 6.61 Å². The third-order valence-electron chi connectivity index (χ3n) is 2.12. The lowest BCUT2D eigenvalue weighted by Crippen LogP contribution is -2.26. The highest BCUT2D eigenvalue weighted by molar-refractivity contribution is 5.37. The molecule has 0 aliphatic carbocycles. The molecule has 0 aliphatic rings. The lowest BCUT2D eigenvalue weighted by Gasteiger charge is -2.19. The topological polar surface area (TPSA) is 89.2 Å². The van der Waals surface area contributed by atoms with Gasteiger partial charge in [-0.1, -0.05) is 0 Å². The maximum absolute atomic E-state index is 12.0. The molecular weight excluding hydrogens is 246 g/mol. The van der Waals surface area contributed by atoms with Crippen molar-refractivity contribution in [3.8, 4) is 6.01 Å². The molecule has 102 valence electrons. The normalized spacial score (nSPS) is 10.6. The van der Waals surface area contributed by atoms with Crippen molar-refractivity contribution < 1.29 is 13.5 Å². The molecule has 9 heteroatoms. The molecule has 3 N–H and O–H groups in total. The van der Waals surface area contributed by atoms with Crippen LogP contribution in [0.15, 0.2) is 0 Å². The number of rotatable bonds is 7. The minimum absolute atomic E-state index is 0.0659. The Labute approximate surface area is 103 Å². The number of aromatic nitrogens is 3. The molecule has 1 aromatic rings. The lowest BCUT2D eigenvalue weighted by molar-refractivity contribution is 0.0770. The molecule has 0 spiro atoms. The summed E-state index contributed by atoms with van der Waals surface area (Å²) in [6.07, 6.45) is -2.59. The second kappa shape index (κ2) is 6.84. The van der Waals surface area contributed by atoms with E-state index in [0.717, 1.165) is 0 Å². The van der Waals surface area contributed by atoms with Crippen LogP contribution in [-0.4, -0.2) is 41.1 Å². The van der Waals surface area contributed by atoms with Crippen molar-refractivity contribution in [3.63, 3.8) is 0 Å². The molecule has 0 amide bonds. The molecule has 0 aliphatic heterocycles. The molecular formula is C9H16F2N6O. The van der Waals surface area contributed by atoms with Gasteiger partial charge in [0.25, 0.3) is 6.43 Å². The maximum atomic E-state index is 12.0. The van der Waals surface area contributed by atoms with Crippen LogP contribution in [0.1, 0.15) is 13.8 Å². The van der Waals surface area contributed by atoms with Crippen molar-refractivity contribution >= 4 is 11.9 Å². The Morgan fingerprint density at radius 1 is 1.28 bits per heavy atom. The first-order valence-electron chi connectivity index (χ1n) is 5.49. The minimum Gasteiger partial charge on any atom is -0.457 e. The van der Waals surface area contributed by atoms with E-state index in [0.29, 0.717) is 19.0 Å². The van der Waals surface area contributed by atoms with Crippen LogP contribution in [0.2, 0.25) is 0 Å². The fourth-order valence-corrected chi connectivity index (χ4v) is 1.26. The Kier molecular flexibility index (Phi) is 5.43. The Bertz CT molecular complexity index is 374. The zero-order valence-corrected chi connectivity index (χ0v) is 10.2. The number of nitrogens with two attached hydrogens (primary N) is 1. The summed E-state index contributed by atoms with van der Waals surface area (Å²) in [7, 11) is 0. The van der Waals surface area contributed by atoms with Crippen LogP contribution >= 0.6 is 0 Å². The van der Waals surface area contributed by atoms with E-state index in [1.807, 2.05) is 18.7 Å². The quantitative estimate of drug-likeness (QED) is 0.550. The van der Waals surface area contributed by atoms with E-state index in [-0.39, 0.29) is 12.0 Å². The lowest BCUT2D eigenvalue weighted by atomic mass is 10.5. The second-order valence-corrected chi connectivity index (χ2v) is 3.26. The summed E-state index contributed by atoms with van der Waals surface area (Å²) in [6, 6.07) is -0.180. The number of hydrogen-bond donors (Lipinski definition) is 2. The maximum Gasteiger partial charge on any atom is 0.323 e. The Hall–Kier alpha value is -1.77. The number of hydrogen-bond acceptors (Lipinski definition) is 7. The molecule has 0 unspecified atom stereocenters. The molecule has 0 saturated heterocycles. The number of nitrogens with zero attached hydrogens (tertiary/aromatic N) is 4. The third kappa shape index (κ3) is 3.91. The first kappa shape index (κ1) is 14.3. The van der Waals surface area contributed by atoms with Crippen LogP contribution in [-0.2, 0) is 0 Å². The standard InChI is InChI=1S/C9H16F2N6O/c1-3-17(4-2)8-13-7(16-12)14-9(15-8)18-5-6(10)11/h6H,3-5,12H2,1-2H3,(H,13,14,15,16). The highest BCUT2D eigenvalue weighted by atomic mass is 19.3. The van der Waals surface area contributed by atoms with Crippen LogP contribution in [0.3, 0.4) is 0 Å². The second-order valence-electron chi connectivity index (χ2n) is 3.26. The van der Waals surface area contributed by atoms with Gasteiger partial charge in [-0.05, 0) is 13.8 Å². The van der Waals surface area contributed by atoms with Crippen LogP contribution < -0.4 is 20.9 Å². The Morgan fingerprint density at radius 3 is 2.44 bits per heavy atom. The number of ether oxygens (including phenoxy) is 1. The van der Waals surface area contributed by atoms with Gasteiger partial charge in [-0.2, -0.15) is 15.0 Å². The van der Waals surface area contributed by atoms with Crippen LogP contribution in [0.25, 0.3) is 0 Å². The monoisotopic (exact) mass is 262 g/mol. The van der Waals surface area contributed by atoms with E-state index < -0.39 is 13.0 Å². The van der Waals surface area contributed by atoms with Gasteiger partial charge >= 0.3 is 6.01 Å². The summed E-state index contributed by atoms with van der Waals surface area (Å²) in [5.74, 6) is 5.59. The van der Waals surface area contributed by atoms with Crippen molar-refractivity contribution in [2.45, 2.75) is 20.3 Å². The largest absolute Gasteiger partial charge is 0.457 e.